The number of nitrogens with one attached hydrogen (secondary N) is 1. The van der Waals surface area contributed by atoms with Crippen molar-refractivity contribution in [2.75, 3.05) is 19.8 Å². The molecule has 0 unspecified atom stereocenters. The summed E-state index contributed by atoms with van der Waals surface area (Å²) in [7, 11) is 0. The number of benzene rings is 2. The number of amides is 1. The van der Waals surface area contributed by atoms with Crippen LogP contribution in [0.5, 0.6) is 0 Å². The summed E-state index contributed by atoms with van der Waals surface area (Å²) in [4.78, 5) is 12.4. The van der Waals surface area contributed by atoms with Crippen molar-refractivity contribution in [3.8, 4) is 0 Å². The molecule has 132 valence electrons. The second-order valence-electron chi connectivity index (χ2n) is 6.44. The molecule has 1 fully saturated rings. The Balaban J connectivity index is 1.70. The van der Waals surface area contributed by atoms with Crippen LogP contribution in [0.1, 0.15) is 24.0 Å². The van der Waals surface area contributed by atoms with Crippen molar-refractivity contribution in [1.82, 2.24) is 5.32 Å². The molecule has 3 rings (SSSR count). The first-order chi connectivity index (χ1) is 12.1. The number of ether oxygens (including phenoxy) is 1. The number of hydrogen-bond donors (Lipinski definition) is 1. The van der Waals surface area contributed by atoms with Crippen LogP contribution in [0.3, 0.4) is 0 Å². The molecule has 3 nitrogen and oxygen atoms in total. The molecule has 1 heterocycles. The molecule has 2 aromatic rings. The van der Waals surface area contributed by atoms with Gasteiger partial charge in [-0.05, 0) is 42.2 Å². The van der Waals surface area contributed by atoms with E-state index in [1.165, 1.54) is 12.1 Å². The summed E-state index contributed by atoms with van der Waals surface area (Å²) in [5, 5.41) is 3.63. The number of rotatable bonds is 5. The summed E-state index contributed by atoms with van der Waals surface area (Å²) < 4.78 is 18.7. The molecular weight excluding hydrogens is 341 g/mol. The van der Waals surface area contributed by atoms with Gasteiger partial charge >= 0.3 is 0 Å². The van der Waals surface area contributed by atoms with E-state index in [1.54, 1.807) is 18.2 Å². The third-order valence-electron chi connectivity index (χ3n) is 4.84. The maximum Gasteiger partial charge on any atom is 0.224 e. The van der Waals surface area contributed by atoms with Crippen molar-refractivity contribution in [3.05, 3.63) is 70.5 Å². The Kier molecular flexibility index (Phi) is 5.71. The van der Waals surface area contributed by atoms with Gasteiger partial charge in [0.25, 0.3) is 0 Å². The maximum atomic E-state index is 13.3. The van der Waals surface area contributed by atoms with Crippen LogP contribution in [0.2, 0.25) is 5.02 Å². The Morgan fingerprint density at radius 3 is 2.48 bits per heavy atom. The summed E-state index contributed by atoms with van der Waals surface area (Å²) in [6, 6.07) is 13.9. The third-order valence-corrected chi connectivity index (χ3v) is 5.21. The summed E-state index contributed by atoms with van der Waals surface area (Å²) in [5.74, 6) is -0.324. The van der Waals surface area contributed by atoms with E-state index in [0.717, 1.165) is 24.0 Å². The molecule has 25 heavy (non-hydrogen) atoms. The summed E-state index contributed by atoms with van der Waals surface area (Å²) in [6.45, 7) is 1.78. The molecule has 1 aliphatic heterocycles. The van der Waals surface area contributed by atoms with E-state index in [0.29, 0.717) is 24.8 Å². The number of hydrogen-bond acceptors (Lipinski definition) is 2. The van der Waals surface area contributed by atoms with E-state index in [4.69, 9.17) is 16.3 Å². The van der Waals surface area contributed by atoms with Gasteiger partial charge in [0.05, 0.1) is 6.42 Å². The van der Waals surface area contributed by atoms with Crippen molar-refractivity contribution in [3.63, 3.8) is 0 Å². The van der Waals surface area contributed by atoms with Gasteiger partial charge in [-0.3, -0.25) is 4.79 Å². The van der Waals surface area contributed by atoms with E-state index >= 15 is 0 Å². The molecule has 0 bridgehead atoms. The van der Waals surface area contributed by atoms with Crippen molar-refractivity contribution in [2.45, 2.75) is 24.7 Å². The maximum absolute atomic E-state index is 13.3. The molecule has 0 atom stereocenters. The normalized spacial score (nSPS) is 16.4. The van der Waals surface area contributed by atoms with Gasteiger partial charge < -0.3 is 10.1 Å². The molecular formula is C20H21ClFNO2. The second-order valence-corrected chi connectivity index (χ2v) is 6.85. The first-order valence-corrected chi connectivity index (χ1v) is 8.81. The van der Waals surface area contributed by atoms with Crippen LogP contribution >= 0.6 is 11.6 Å². The van der Waals surface area contributed by atoms with E-state index in [9.17, 15) is 9.18 Å². The van der Waals surface area contributed by atoms with Crippen LogP contribution in [-0.2, 0) is 21.4 Å². The first kappa shape index (κ1) is 17.9. The van der Waals surface area contributed by atoms with Gasteiger partial charge in [-0.1, -0.05) is 41.9 Å². The average molecular weight is 362 g/mol. The lowest BCUT2D eigenvalue weighted by atomic mass is 9.74. The highest BCUT2D eigenvalue weighted by Crippen LogP contribution is 2.34. The van der Waals surface area contributed by atoms with Crippen LogP contribution in [0.15, 0.2) is 48.5 Å². The monoisotopic (exact) mass is 361 g/mol. The average Bonchev–Trinajstić information content (AvgIpc) is 2.63. The molecule has 5 heteroatoms. The standard InChI is InChI=1S/C20H21ClFNO2/c21-18-4-2-1-3-15(18)13-19(24)23-14-20(9-11-25-12-10-20)16-5-7-17(22)8-6-16/h1-8H,9-14H2,(H,23,24). The van der Waals surface area contributed by atoms with Crippen LogP contribution in [0, 0.1) is 5.82 Å². The van der Waals surface area contributed by atoms with Crippen LogP contribution < -0.4 is 5.32 Å². The minimum Gasteiger partial charge on any atom is -0.381 e. The molecule has 0 aliphatic carbocycles. The summed E-state index contributed by atoms with van der Waals surface area (Å²) in [6.07, 6.45) is 1.84. The van der Waals surface area contributed by atoms with Crippen LogP contribution in [0.4, 0.5) is 4.39 Å². The highest BCUT2D eigenvalue weighted by Gasteiger charge is 2.34. The zero-order valence-electron chi connectivity index (χ0n) is 13.9. The van der Waals surface area contributed by atoms with Crippen LogP contribution in [0.25, 0.3) is 0 Å². The Labute approximate surface area is 152 Å². The SMILES string of the molecule is O=C(Cc1ccccc1Cl)NCC1(c2ccc(F)cc2)CCOCC1. The van der Waals surface area contributed by atoms with Gasteiger partial charge in [0.2, 0.25) is 5.91 Å². The van der Waals surface area contributed by atoms with E-state index in [1.807, 2.05) is 18.2 Å². The van der Waals surface area contributed by atoms with E-state index in [-0.39, 0.29) is 23.6 Å². The molecule has 1 aliphatic rings. The molecule has 2 aromatic carbocycles. The lowest BCUT2D eigenvalue weighted by molar-refractivity contribution is -0.120. The minimum absolute atomic E-state index is 0.0684. The number of carbonyl (C=O) groups is 1. The van der Waals surface area contributed by atoms with Gasteiger partial charge in [-0.2, -0.15) is 0 Å². The molecule has 0 radical (unpaired) electrons. The third kappa shape index (κ3) is 4.39. The Morgan fingerprint density at radius 1 is 1.12 bits per heavy atom. The zero-order chi connectivity index (χ0) is 17.7. The minimum atomic E-state index is -0.256. The van der Waals surface area contributed by atoms with E-state index < -0.39 is 0 Å². The largest absolute Gasteiger partial charge is 0.381 e. The van der Waals surface area contributed by atoms with Gasteiger partial charge in [-0.15, -0.1) is 0 Å². The quantitative estimate of drug-likeness (QED) is 0.877. The highest BCUT2D eigenvalue weighted by atomic mass is 35.5. The van der Waals surface area contributed by atoms with Gasteiger partial charge in [0, 0.05) is 30.2 Å². The Hall–Kier alpha value is -1.91. The molecule has 1 N–H and O–H groups in total. The lowest BCUT2D eigenvalue weighted by Crippen LogP contribution is -2.45. The zero-order valence-corrected chi connectivity index (χ0v) is 14.7. The first-order valence-electron chi connectivity index (χ1n) is 8.43. The predicted molar refractivity (Wildman–Crippen MR) is 96.3 cm³/mol. The fourth-order valence-corrected chi connectivity index (χ4v) is 3.48. The van der Waals surface area contributed by atoms with Gasteiger partial charge in [0.15, 0.2) is 0 Å². The number of carbonyl (C=O) groups excluding carboxylic acids is 1. The van der Waals surface area contributed by atoms with Crippen molar-refractivity contribution in [2.24, 2.45) is 0 Å². The summed E-state index contributed by atoms with van der Waals surface area (Å²) in [5.41, 5.74) is 1.63. The van der Waals surface area contributed by atoms with Crippen molar-refractivity contribution >= 4 is 17.5 Å². The Morgan fingerprint density at radius 2 is 1.80 bits per heavy atom. The fourth-order valence-electron chi connectivity index (χ4n) is 3.28. The second kappa shape index (κ2) is 7.98. The molecule has 0 spiro atoms. The molecule has 0 saturated carbocycles. The fraction of sp³-hybridized carbons (Fsp3) is 0.350. The van der Waals surface area contributed by atoms with Gasteiger partial charge in [-0.25, -0.2) is 4.39 Å². The highest BCUT2D eigenvalue weighted by molar-refractivity contribution is 6.31. The molecule has 1 saturated heterocycles. The van der Waals surface area contributed by atoms with Crippen molar-refractivity contribution in [1.29, 1.82) is 0 Å². The van der Waals surface area contributed by atoms with Crippen LogP contribution in [-0.4, -0.2) is 25.7 Å². The number of halogens is 2. The van der Waals surface area contributed by atoms with Crippen molar-refractivity contribution < 1.29 is 13.9 Å². The Bertz CT molecular complexity index is 727. The molecule has 1 amide bonds. The van der Waals surface area contributed by atoms with Gasteiger partial charge in [0.1, 0.15) is 5.82 Å². The van der Waals surface area contributed by atoms with E-state index in [2.05, 4.69) is 5.32 Å². The summed E-state index contributed by atoms with van der Waals surface area (Å²) >= 11 is 6.12. The smallest absolute Gasteiger partial charge is 0.224 e. The molecule has 0 aromatic heterocycles. The lowest BCUT2D eigenvalue weighted by Gasteiger charge is -2.38. The predicted octanol–water partition coefficient (Wildman–Crippen LogP) is 3.89. The topological polar surface area (TPSA) is 38.3 Å².